The summed E-state index contributed by atoms with van der Waals surface area (Å²) < 4.78 is 13.1. The van der Waals surface area contributed by atoms with Crippen molar-refractivity contribution in [2.45, 2.75) is 32.7 Å². The molecule has 0 aliphatic carbocycles. The van der Waals surface area contributed by atoms with Gasteiger partial charge in [-0.2, -0.15) is 0 Å². The van der Waals surface area contributed by atoms with E-state index in [-0.39, 0.29) is 23.7 Å². The second kappa shape index (κ2) is 7.54. The molecule has 1 aromatic rings. The van der Waals surface area contributed by atoms with Gasteiger partial charge in [0, 0.05) is 24.6 Å². The summed E-state index contributed by atoms with van der Waals surface area (Å²) in [5, 5.41) is 16.3. The maximum absolute atomic E-state index is 13.1. The minimum absolute atomic E-state index is 0.114. The third kappa shape index (κ3) is 5.31. The Hall–Kier alpha value is -2.02. The van der Waals surface area contributed by atoms with E-state index in [1.165, 1.54) is 0 Å². The van der Waals surface area contributed by atoms with E-state index in [9.17, 15) is 19.3 Å². The molecule has 110 valence electrons. The summed E-state index contributed by atoms with van der Waals surface area (Å²) in [6.07, 6.45) is 0.820. The number of hydrogen-bond donors (Lipinski definition) is 2. The van der Waals surface area contributed by atoms with E-state index in [4.69, 9.17) is 0 Å². The number of rotatable bonds is 7. The summed E-state index contributed by atoms with van der Waals surface area (Å²) in [4.78, 5) is 21.8. The lowest BCUT2D eigenvalue weighted by atomic mass is 10.2. The molecule has 1 aromatic carbocycles. The van der Waals surface area contributed by atoms with Crippen LogP contribution in [0.15, 0.2) is 18.2 Å². The molecule has 0 aliphatic rings. The molecule has 2 N–H and O–H groups in total. The van der Waals surface area contributed by atoms with Gasteiger partial charge in [-0.25, -0.2) is 4.39 Å². The van der Waals surface area contributed by atoms with Crippen molar-refractivity contribution in [2.24, 2.45) is 0 Å². The molecule has 0 heterocycles. The van der Waals surface area contributed by atoms with Gasteiger partial charge >= 0.3 is 0 Å². The van der Waals surface area contributed by atoms with E-state index >= 15 is 0 Å². The summed E-state index contributed by atoms with van der Waals surface area (Å²) in [5.74, 6) is -1.00. The highest BCUT2D eigenvalue weighted by molar-refractivity contribution is 5.93. The monoisotopic (exact) mass is 283 g/mol. The average Bonchev–Trinajstić information content (AvgIpc) is 2.34. The normalized spacial score (nSPS) is 10.6. The minimum atomic E-state index is -0.657. The Morgan fingerprint density at radius 2 is 2.15 bits per heavy atom. The molecule has 0 bridgehead atoms. The third-order valence-electron chi connectivity index (χ3n) is 2.56. The summed E-state index contributed by atoms with van der Waals surface area (Å²) >= 11 is 0. The first-order valence-electron chi connectivity index (χ1n) is 6.37. The molecule has 0 aliphatic heterocycles. The lowest BCUT2D eigenvalue weighted by Gasteiger charge is -2.08. The topological polar surface area (TPSA) is 84.3 Å². The molecule has 6 nitrogen and oxygen atoms in total. The number of benzene rings is 1. The van der Waals surface area contributed by atoms with Crippen molar-refractivity contribution in [1.29, 1.82) is 0 Å². The molecule has 0 fully saturated rings. The van der Waals surface area contributed by atoms with Crippen LogP contribution in [0.25, 0.3) is 0 Å². The smallest absolute Gasteiger partial charge is 0.292 e. The zero-order chi connectivity index (χ0) is 15.1. The van der Waals surface area contributed by atoms with Crippen molar-refractivity contribution in [3.05, 3.63) is 34.1 Å². The first kappa shape index (κ1) is 16.0. The largest absolute Gasteiger partial charge is 0.320 e. The van der Waals surface area contributed by atoms with Crippen molar-refractivity contribution in [3.8, 4) is 0 Å². The second-order valence-electron chi connectivity index (χ2n) is 4.68. The van der Waals surface area contributed by atoms with Gasteiger partial charge in [-0.1, -0.05) is 13.8 Å². The molecule has 0 atom stereocenters. The van der Waals surface area contributed by atoms with Crippen LogP contribution in [0.4, 0.5) is 15.8 Å². The maximum atomic E-state index is 13.1. The zero-order valence-corrected chi connectivity index (χ0v) is 11.5. The number of halogens is 1. The molecule has 1 amide bonds. The van der Waals surface area contributed by atoms with Gasteiger partial charge in [0.1, 0.15) is 11.5 Å². The van der Waals surface area contributed by atoms with Gasteiger partial charge < -0.3 is 10.6 Å². The lowest BCUT2D eigenvalue weighted by molar-refractivity contribution is -0.384. The Morgan fingerprint density at radius 3 is 2.75 bits per heavy atom. The SMILES string of the molecule is CC(C)NCCCC(=O)Nc1cc(F)ccc1[N+](=O)[O-]. The maximum Gasteiger partial charge on any atom is 0.292 e. The number of anilines is 1. The van der Waals surface area contributed by atoms with Crippen LogP contribution in [0.3, 0.4) is 0 Å². The Kier molecular flexibility index (Phi) is 6.05. The lowest BCUT2D eigenvalue weighted by Crippen LogP contribution is -2.24. The molecule has 0 aromatic heterocycles. The van der Waals surface area contributed by atoms with Crippen LogP contribution in [0.2, 0.25) is 0 Å². The van der Waals surface area contributed by atoms with E-state index in [0.717, 1.165) is 18.2 Å². The first-order valence-corrected chi connectivity index (χ1v) is 6.37. The number of nitro groups is 1. The van der Waals surface area contributed by atoms with Crippen molar-refractivity contribution in [1.82, 2.24) is 5.32 Å². The Balaban J connectivity index is 2.57. The summed E-state index contributed by atoms with van der Waals surface area (Å²) in [5.41, 5.74) is -0.433. The molecule has 1 rings (SSSR count). The van der Waals surface area contributed by atoms with E-state index in [1.54, 1.807) is 0 Å². The van der Waals surface area contributed by atoms with Crippen LogP contribution in [0, 0.1) is 15.9 Å². The molecule has 20 heavy (non-hydrogen) atoms. The van der Waals surface area contributed by atoms with Gasteiger partial charge in [0.15, 0.2) is 0 Å². The Labute approximate surface area is 116 Å². The van der Waals surface area contributed by atoms with E-state index in [0.29, 0.717) is 19.0 Å². The van der Waals surface area contributed by atoms with E-state index < -0.39 is 10.7 Å². The van der Waals surface area contributed by atoms with Crippen molar-refractivity contribution >= 4 is 17.3 Å². The van der Waals surface area contributed by atoms with Crippen molar-refractivity contribution < 1.29 is 14.1 Å². The number of nitrogens with one attached hydrogen (secondary N) is 2. The minimum Gasteiger partial charge on any atom is -0.320 e. The predicted octanol–water partition coefficient (Wildman–Crippen LogP) is 2.45. The first-order chi connectivity index (χ1) is 9.40. The number of amides is 1. The van der Waals surface area contributed by atoms with Gasteiger partial charge in [0.05, 0.1) is 4.92 Å². The van der Waals surface area contributed by atoms with Gasteiger partial charge in [-0.15, -0.1) is 0 Å². The highest BCUT2D eigenvalue weighted by atomic mass is 19.1. The molecule has 0 saturated heterocycles. The molecule has 7 heteroatoms. The Morgan fingerprint density at radius 1 is 1.45 bits per heavy atom. The van der Waals surface area contributed by atoms with Crippen LogP contribution in [-0.4, -0.2) is 23.4 Å². The summed E-state index contributed by atoms with van der Waals surface area (Å²) in [6.45, 7) is 4.67. The molecule has 0 saturated carbocycles. The molecular formula is C13H18FN3O3. The van der Waals surface area contributed by atoms with Crippen molar-refractivity contribution in [2.75, 3.05) is 11.9 Å². The second-order valence-corrected chi connectivity index (χ2v) is 4.68. The average molecular weight is 283 g/mol. The Bertz CT molecular complexity index is 492. The number of hydrogen-bond acceptors (Lipinski definition) is 4. The number of carbonyl (C=O) groups is 1. The quantitative estimate of drug-likeness (QED) is 0.457. The molecule has 0 unspecified atom stereocenters. The fraction of sp³-hybridized carbons (Fsp3) is 0.462. The molecule has 0 spiro atoms. The molecule has 0 radical (unpaired) electrons. The van der Waals surface area contributed by atoms with Gasteiger partial charge in [-0.05, 0) is 19.0 Å². The predicted molar refractivity (Wildman–Crippen MR) is 74.1 cm³/mol. The van der Waals surface area contributed by atoms with Crippen LogP contribution in [0.5, 0.6) is 0 Å². The third-order valence-corrected chi connectivity index (χ3v) is 2.56. The highest BCUT2D eigenvalue weighted by Gasteiger charge is 2.16. The van der Waals surface area contributed by atoms with Crippen LogP contribution in [-0.2, 0) is 4.79 Å². The fourth-order valence-electron chi connectivity index (χ4n) is 1.62. The molecular weight excluding hydrogens is 265 g/mol. The van der Waals surface area contributed by atoms with Crippen molar-refractivity contribution in [3.63, 3.8) is 0 Å². The fourth-order valence-corrected chi connectivity index (χ4v) is 1.62. The number of nitro benzene ring substituents is 1. The summed E-state index contributed by atoms with van der Waals surface area (Å²) in [6, 6.07) is 3.30. The summed E-state index contributed by atoms with van der Waals surface area (Å²) in [7, 11) is 0. The van der Waals surface area contributed by atoms with E-state index in [1.807, 2.05) is 13.8 Å². The van der Waals surface area contributed by atoms with Gasteiger partial charge in [-0.3, -0.25) is 14.9 Å². The van der Waals surface area contributed by atoms with Crippen LogP contribution in [0.1, 0.15) is 26.7 Å². The van der Waals surface area contributed by atoms with Crippen LogP contribution < -0.4 is 10.6 Å². The van der Waals surface area contributed by atoms with Gasteiger partial charge in [0.25, 0.3) is 5.69 Å². The zero-order valence-electron chi connectivity index (χ0n) is 11.5. The van der Waals surface area contributed by atoms with Gasteiger partial charge in [0.2, 0.25) is 5.91 Å². The highest BCUT2D eigenvalue weighted by Crippen LogP contribution is 2.25. The standard InChI is InChI=1S/C13H18FN3O3/c1-9(2)15-7-3-4-13(18)16-11-8-10(14)5-6-12(11)17(19)20/h5-6,8-9,15H,3-4,7H2,1-2H3,(H,16,18). The van der Waals surface area contributed by atoms with E-state index in [2.05, 4.69) is 10.6 Å². The van der Waals surface area contributed by atoms with Crippen LogP contribution >= 0.6 is 0 Å². The number of carbonyl (C=O) groups excluding carboxylic acids is 1. The number of nitrogens with zero attached hydrogens (tertiary/aromatic N) is 1.